The molecule has 0 aromatic carbocycles. The monoisotopic (exact) mass is 264 g/mol. The van der Waals surface area contributed by atoms with E-state index in [2.05, 4.69) is 47.0 Å². The van der Waals surface area contributed by atoms with Gasteiger partial charge in [0, 0.05) is 19.6 Å². The van der Waals surface area contributed by atoms with Crippen LogP contribution in [0.4, 0.5) is 0 Å². The lowest BCUT2D eigenvalue weighted by Gasteiger charge is -2.27. The molecule has 0 bridgehead atoms. The van der Waals surface area contributed by atoms with Gasteiger partial charge in [-0.05, 0) is 58.3 Å². The normalized spacial score (nSPS) is 20.1. The molecule has 0 saturated carbocycles. The van der Waals surface area contributed by atoms with E-state index in [1.165, 1.54) is 43.9 Å². The molecule has 2 rings (SSSR count). The second kappa shape index (κ2) is 7.06. The van der Waals surface area contributed by atoms with E-state index in [4.69, 9.17) is 0 Å². The first-order valence-corrected chi connectivity index (χ1v) is 7.67. The predicted molar refractivity (Wildman–Crippen MR) is 79.2 cm³/mol. The molecule has 19 heavy (non-hydrogen) atoms. The third kappa shape index (κ3) is 4.05. The Morgan fingerprint density at radius 1 is 1.47 bits per heavy atom. The van der Waals surface area contributed by atoms with Crippen LogP contribution in [0, 0.1) is 5.92 Å². The van der Waals surface area contributed by atoms with Crippen LogP contribution in [-0.2, 0) is 19.5 Å². The zero-order valence-corrected chi connectivity index (χ0v) is 12.7. The van der Waals surface area contributed by atoms with E-state index < -0.39 is 0 Å². The molecule has 0 radical (unpaired) electrons. The molecule has 0 amide bonds. The topological polar surface area (TPSA) is 33.1 Å². The molecular weight excluding hydrogens is 236 g/mol. The number of aryl methyl sites for hydroxylation is 2. The lowest BCUT2D eigenvalue weighted by molar-refractivity contribution is 0.232. The lowest BCUT2D eigenvalue weighted by Crippen LogP contribution is -2.36. The van der Waals surface area contributed by atoms with Crippen molar-refractivity contribution in [3.8, 4) is 0 Å². The maximum atomic E-state index is 4.62. The summed E-state index contributed by atoms with van der Waals surface area (Å²) in [6, 6.07) is 2.26. The third-order valence-corrected chi connectivity index (χ3v) is 3.98. The molecule has 1 atom stereocenters. The summed E-state index contributed by atoms with van der Waals surface area (Å²) in [6.45, 7) is 9.87. The van der Waals surface area contributed by atoms with Crippen molar-refractivity contribution in [1.29, 1.82) is 0 Å². The summed E-state index contributed by atoms with van der Waals surface area (Å²) in [5.74, 6) is 0.808. The molecule has 1 unspecified atom stereocenters. The first-order valence-electron chi connectivity index (χ1n) is 7.67. The third-order valence-electron chi connectivity index (χ3n) is 3.98. The molecular formula is C15H28N4. The smallest absolute Gasteiger partial charge is 0.0625 e. The number of nitrogens with one attached hydrogen (secondary N) is 1. The van der Waals surface area contributed by atoms with Gasteiger partial charge in [0.2, 0.25) is 0 Å². The van der Waals surface area contributed by atoms with Crippen LogP contribution in [-0.4, -0.2) is 41.4 Å². The molecule has 1 saturated heterocycles. The fourth-order valence-electron chi connectivity index (χ4n) is 2.95. The average Bonchev–Trinajstić information content (AvgIpc) is 2.82. The first-order chi connectivity index (χ1) is 9.22. The Hall–Kier alpha value is -0.870. The molecule has 1 aliphatic rings. The lowest BCUT2D eigenvalue weighted by atomic mass is 9.99. The van der Waals surface area contributed by atoms with Crippen molar-refractivity contribution in [2.24, 2.45) is 5.92 Å². The van der Waals surface area contributed by atoms with Crippen molar-refractivity contribution in [3.05, 3.63) is 17.5 Å². The molecule has 0 spiro atoms. The van der Waals surface area contributed by atoms with Crippen LogP contribution in [0.5, 0.6) is 0 Å². The Morgan fingerprint density at radius 2 is 2.32 bits per heavy atom. The van der Waals surface area contributed by atoms with Crippen LogP contribution in [0.1, 0.15) is 38.1 Å². The summed E-state index contributed by atoms with van der Waals surface area (Å²) in [5, 5.41) is 8.12. The maximum absolute atomic E-state index is 4.62. The number of hydrogen-bond acceptors (Lipinski definition) is 3. The van der Waals surface area contributed by atoms with Crippen molar-refractivity contribution in [3.63, 3.8) is 0 Å². The van der Waals surface area contributed by atoms with Crippen molar-refractivity contribution < 1.29 is 0 Å². The zero-order chi connectivity index (χ0) is 13.7. The van der Waals surface area contributed by atoms with Gasteiger partial charge in [0.05, 0.1) is 11.4 Å². The van der Waals surface area contributed by atoms with Gasteiger partial charge in [0.25, 0.3) is 0 Å². The van der Waals surface area contributed by atoms with E-state index >= 15 is 0 Å². The maximum Gasteiger partial charge on any atom is 0.0625 e. The van der Waals surface area contributed by atoms with Gasteiger partial charge >= 0.3 is 0 Å². The van der Waals surface area contributed by atoms with Gasteiger partial charge in [-0.2, -0.15) is 5.10 Å². The summed E-state index contributed by atoms with van der Waals surface area (Å²) in [5.41, 5.74) is 2.57. The highest BCUT2D eigenvalue weighted by Gasteiger charge is 2.16. The van der Waals surface area contributed by atoms with Gasteiger partial charge in [0.1, 0.15) is 0 Å². The van der Waals surface area contributed by atoms with E-state index in [-0.39, 0.29) is 0 Å². The quantitative estimate of drug-likeness (QED) is 0.852. The van der Waals surface area contributed by atoms with E-state index in [0.29, 0.717) is 0 Å². The Kier molecular flexibility index (Phi) is 5.40. The minimum atomic E-state index is 0.808. The van der Waals surface area contributed by atoms with Crippen LogP contribution in [0.3, 0.4) is 0 Å². The fraction of sp³-hybridized carbons (Fsp3) is 0.800. The van der Waals surface area contributed by atoms with Gasteiger partial charge in [-0.3, -0.25) is 4.68 Å². The van der Waals surface area contributed by atoms with Gasteiger partial charge in [-0.25, -0.2) is 0 Å². The van der Waals surface area contributed by atoms with Crippen molar-refractivity contribution in [1.82, 2.24) is 20.0 Å². The standard InChI is InChI=1S/C15H28N4/c1-4-14-9-15(19(5-2)17-14)12-18(3)11-13-7-6-8-16-10-13/h9,13,16H,4-8,10-12H2,1-3H3. The summed E-state index contributed by atoms with van der Waals surface area (Å²) >= 11 is 0. The van der Waals surface area contributed by atoms with E-state index in [1.807, 2.05) is 0 Å². The Balaban J connectivity index is 1.90. The minimum absolute atomic E-state index is 0.808. The summed E-state index contributed by atoms with van der Waals surface area (Å²) in [6.07, 6.45) is 3.71. The average molecular weight is 264 g/mol. The van der Waals surface area contributed by atoms with Crippen LogP contribution >= 0.6 is 0 Å². The molecule has 1 fully saturated rings. The second-order valence-electron chi connectivity index (χ2n) is 5.71. The fourth-order valence-corrected chi connectivity index (χ4v) is 2.95. The number of hydrogen-bond donors (Lipinski definition) is 1. The van der Waals surface area contributed by atoms with Crippen LogP contribution in [0.2, 0.25) is 0 Å². The number of rotatable bonds is 6. The Morgan fingerprint density at radius 3 is 2.95 bits per heavy atom. The number of nitrogens with zero attached hydrogens (tertiary/aromatic N) is 3. The van der Waals surface area contributed by atoms with Gasteiger partial charge < -0.3 is 10.2 Å². The van der Waals surface area contributed by atoms with Gasteiger partial charge in [-0.15, -0.1) is 0 Å². The van der Waals surface area contributed by atoms with Crippen LogP contribution in [0.15, 0.2) is 6.07 Å². The second-order valence-corrected chi connectivity index (χ2v) is 5.71. The van der Waals surface area contributed by atoms with Gasteiger partial charge in [-0.1, -0.05) is 6.92 Å². The number of piperidine rings is 1. The van der Waals surface area contributed by atoms with Crippen molar-refractivity contribution >= 4 is 0 Å². The number of aromatic nitrogens is 2. The Bertz CT molecular complexity index is 379. The van der Waals surface area contributed by atoms with Crippen LogP contribution in [0.25, 0.3) is 0 Å². The molecule has 0 aliphatic carbocycles. The van der Waals surface area contributed by atoms with Crippen molar-refractivity contribution in [2.75, 3.05) is 26.7 Å². The Labute approximate surface area is 117 Å². The van der Waals surface area contributed by atoms with Crippen LogP contribution < -0.4 is 5.32 Å². The summed E-state index contributed by atoms with van der Waals surface area (Å²) in [4.78, 5) is 2.44. The highest BCUT2D eigenvalue weighted by Crippen LogP contribution is 2.13. The molecule has 4 heteroatoms. The summed E-state index contributed by atoms with van der Waals surface area (Å²) < 4.78 is 2.15. The molecule has 1 aromatic rings. The highest BCUT2D eigenvalue weighted by atomic mass is 15.3. The van der Waals surface area contributed by atoms with Gasteiger partial charge in [0.15, 0.2) is 0 Å². The van der Waals surface area contributed by atoms with Crippen molar-refractivity contribution in [2.45, 2.75) is 46.2 Å². The molecule has 1 N–H and O–H groups in total. The summed E-state index contributed by atoms with van der Waals surface area (Å²) in [7, 11) is 2.23. The predicted octanol–water partition coefficient (Wildman–Crippen LogP) is 1.90. The molecule has 1 aromatic heterocycles. The van der Waals surface area contributed by atoms with E-state index in [1.54, 1.807) is 0 Å². The minimum Gasteiger partial charge on any atom is -0.316 e. The first kappa shape index (κ1) is 14.5. The zero-order valence-electron chi connectivity index (χ0n) is 12.7. The molecule has 4 nitrogen and oxygen atoms in total. The molecule has 2 heterocycles. The largest absolute Gasteiger partial charge is 0.316 e. The highest BCUT2D eigenvalue weighted by molar-refractivity contribution is 5.10. The van der Waals surface area contributed by atoms with E-state index in [9.17, 15) is 0 Å². The van der Waals surface area contributed by atoms with E-state index in [0.717, 1.165) is 25.4 Å². The SMILES string of the molecule is CCc1cc(CN(C)CC2CCCNC2)n(CC)n1. The molecule has 1 aliphatic heterocycles. The molecule has 108 valence electrons.